The summed E-state index contributed by atoms with van der Waals surface area (Å²) in [4.78, 5) is 2.24. The molecule has 0 fully saturated rings. The first-order valence-electron chi connectivity index (χ1n) is 6.63. The molecule has 0 aliphatic heterocycles. The fraction of sp³-hybridized carbons (Fsp3) is 0.600. The molecule has 0 saturated heterocycles. The number of nitrogens with two attached hydrogens (primary N) is 1. The summed E-state index contributed by atoms with van der Waals surface area (Å²) in [5.41, 5.74) is 6.81. The van der Waals surface area contributed by atoms with Crippen LogP contribution in [0.3, 0.4) is 0 Å². The highest BCUT2D eigenvalue weighted by molar-refractivity contribution is 5.20. The van der Waals surface area contributed by atoms with Crippen molar-refractivity contribution in [1.29, 1.82) is 0 Å². The second kappa shape index (κ2) is 6.86. The lowest BCUT2D eigenvalue weighted by atomic mass is 9.99. The maximum absolute atomic E-state index is 13.3. The van der Waals surface area contributed by atoms with Gasteiger partial charge in [-0.25, -0.2) is 4.39 Å². The number of halogens is 1. The normalized spacial score (nSPS) is 15.1. The number of hydrogen-bond donors (Lipinski definition) is 1. The smallest absolute Gasteiger partial charge is 0.123 e. The van der Waals surface area contributed by atoms with Gasteiger partial charge in [0.2, 0.25) is 0 Å². The van der Waals surface area contributed by atoms with E-state index in [0.29, 0.717) is 18.5 Å². The SMILES string of the molecule is CC(C)CC(C)N(C)C(CN)c1cccc(F)c1. The molecule has 1 aromatic rings. The molecule has 18 heavy (non-hydrogen) atoms. The van der Waals surface area contributed by atoms with Crippen LogP contribution in [0.25, 0.3) is 0 Å². The topological polar surface area (TPSA) is 29.3 Å². The Balaban J connectivity index is 2.82. The predicted octanol–water partition coefficient (Wildman–Crippen LogP) is 3.19. The summed E-state index contributed by atoms with van der Waals surface area (Å²) in [6.07, 6.45) is 1.11. The Labute approximate surface area is 110 Å². The minimum atomic E-state index is -0.198. The number of rotatable bonds is 6. The first-order valence-corrected chi connectivity index (χ1v) is 6.63. The molecule has 0 amide bonds. The molecule has 2 N–H and O–H groups in total. The highest BCUT2D eigenvalue weighted by atomic mass is 19.1. The maximum atomic E-state index is 13.3. The molecule has 1 rings (SSSR count). The van der Waals surface area contributed by atoms with Crippen molar-refractivity contribution >= 4 is 0 Å². The van der Waals surface area contributed by atoms with E-state index < -0.39 is 0 Å². The van der Waals surface area contributed by atoms with Gasteiger partial charge in [0.05, 0.1) is 0 Å². The van der Waals surface area contributed by atoms with Gasteiger partial charge in [-0.2, -0.15) is 0 Å². The molecule has 0 heterocycles. The molecule has 0 aliphatic carbocycles. The zero-order valence-corrected chi connectivity index (χ0v) is 11.9. The molecule has 0 spiro atoms. The zero-order chi connectivity index (χ0) is 13.7. The summed E-state index contributed by atoms with van der Waals surface area (Å²) in [5, 5.41) is 0. The fourth-order valence-corrected chi connectivity index (χ4v) is 2.41. The Morgan fingerprint density at radius 2 is 1.94 bits per heavy atom. The van der Waals surface area contributed by atoms with Crippen molar-refractivity contribution < 1.29 is 4.39 Å². The van der Waals surface area contributed by atoms with Crippen molar-refractivity contribution in [2.45, 2.75) is 39.3 Å². The summed E-state index contributed by atoms with van der Waals surface area (Å²) in [6.45, 7) is 7.12. The molecule has 1 aromatic carbocycles. The van der Waals surface area contributed by atoms with E-state index in [4.69, 9.17) is 5.73 Å². The Hall–Kier alpha value is -0.930. The van der Waals surface area contributed by atoms with Gasteiger partial charge in [0.25, 0.3) is 0 Å². The van der Waals surface area contributed by atoms with Gasteiger partial charge >= 0.3 is 0 Å². The van der Waals surface area contributed by atoms with Gasteiger partial charge < -0.3 is 5.73 Å². The molecule has 0 aliphatic rings. The van der Waals surface area contributed by atoms with E-state index in [9.17, 15) is 4.39 Å². The summed E-state index contributed by atoms with van der Waals surface area (Å²) >= 11 is 0. The van der Waals surface area contributed by atoms with Crippen LogP contribution in [-0.2, 0) is 0 Å². The van der Waals surface area contributed by atoms with E-state index >= 15 is 0 Å². The van der Waals surface area contributed by atoms with Crippen LogP contribution in [0, 0.1) is 11.7 Å². The van der Waals surface area contributed by atoms with E-state index in [-0.39, 0.29) is 11.9 Å². The molecule has 2 nitrogen and oxygen atoms in total. The van der Waals surface area contributed by atoms with Gasteiger partial charge in [0.15, 0.2) is 0 Å². The highest BCUT2D eigenvalue weighted by Gasteiger charge is 2.21. The number of hydrogen-bond acceptors (Lipinski definition) is 2. The quantitative estimate of drug-likeness (QED) is 0.842. The van der Waals surface area contributed by atoms with E-state index in [1.165, 1.54) is 6.07 Å². The molecule has 102 valence electrons. The van der Waals surface area contributed by atoms with Crippen LogP contribution in [0.15, 0.2) is 24.3 Å². The first-order chi connectivity index (χ1) is 8.45. The molecule has 2 atom stereocenters. The number of benzene rings is 1. The van der Waals surface area contributed by atoms with Gasteiger partial charge in [0, 0.05) is 18.6 Å². The Morgan fingerprint density at radius 1 is 1.28 bits per heavy atom. The van der Waals surface area contributed by atoms with Gasteiger partial charge in [0.1, 0.15) is 5.82 Å². The van der Waals surface area contributed by atoms with Gasteiger partial charge in [-0.1, -0.05) is 26.0 Å². The average molecular weight is 252 g/mol. The maximum Gasteiger partial charge on any atom is 0.123 e. The van der Waals surface area contributed by atoms with Crippen molar-refractivity contribution in [2.75, 3.05) is 13.6 Å². The minimum Gasteiger partial charge on any atom is -0.329 e. The van der Waals surface area contributed by atoms with Crippen molar-refractivity contribution in [1.82, 2.24) is 4.90 Å². The lowest BCUT2D eigenvalue weighted by Gasteiger charge is -2.33. The lowest BCUT2D eigenvalue weighted by Crippen LogP contribution is -2.37. The summed E-state index contributed by atoms with van der Waals surface area (Å²) in [6, 6.07) is 7.24. The standard InChI is InChI=1S/C15H25FN2/c1-11(2)8-12(3)18(4)15(10-17)13-6-5-7-14(16)9-13/h5-7,9,11-12,15H,8,10,17H2,1-4H3. The van der Waals surface area contributed by atoms with Crippen LogP contribution in [0.1, 0.15) is 38.8 Å². The summed E-state index contributed by atoms with van der Waals surface area (Å²) in [7, 11) is 2.06. The van der Waals surface area contributed by atoms with Crippen LogP contribution < -0.4 is 5.73 Å². The van der Waals surface area contributed by atoms with Crippen molar-refractivity contribution in [3.8, 4) is 0 Å². The van der Waals surface area contributed by atoms with Gasteiger partial charge in [-0.05, 0) is 44.0 Å². The molecule has 2 unspecified atom stereocenters. The van der Waals surface area contributed by atoms with Gasteiger partial charge in [-0.15, -0.1) is 0 Å². The molecule has 0 radical (unpaired) electrons. The summed E-state index contributed by atoms with van der Waals surface area (Å²) in [5.74, 6) is 0.448. The van der Waals surface area contributed by atoms with Crippen LogP contribution in [0.4, 0.5) is 4.39 Å². The Morgan fingerprint density at radius 3 is 2.44 bits per heavy atom. The monoisotopic (exact) mass is 252 g/mol. The molecule has 0 saturated carbocycles. The molecular formula is C15H25FN2. The van der Waals surface area contributed by atoms with Crippen LogP contribution >= 0.6 is 0 Å². The van der Waals surface area contributed by atoms with Crippen LogP contribution in [-0.4, -0.2) is 24.5 Å². The Kier molecular flexibility index (Phi) is 5.76. The molecule has 0 aromatic heterocycles. The fourth-order valence-electron chi connectivity index (χ4n) is 2.41. The average Bonchev–Trinajstić information content (AvgIpc) is 2.29. The van der Waals surface area contributed by atoms with E-state index in [0.717, 1.165) is 12.0 Å². The third-order valence-electron chi connectivity index (χ3n) is 3.46. The zero-order valence-electron chi connectivity index (χ0n) is 11.9. The van der Waals surface area contributed by atoms with Gasteiger partial charge in [-0.3, -0.25) is 4.90 Å². The van der Waals surface area contributed by atoms with Crippen molar-refractivity contribution in [3.05, 3.63) is 35.6 Å². The predicted molar refractivity (Wildman–Crippen MR) is 74.9 cm³/mol. The largest absolute Gasteiger partial charge is 0.329 e. The molecule has 3 heteroatoms. The first kappa shape index (κ1) is 15.1. The number of nitrogens with zero attached hydrogens (tertiary/aromatic N) is 1. The Bertz CT molecular complexity index is 365. The third-order valence-corrected chi connectivity index (χ3v) is 3.46. The molecular weight excluding hydrogens is 227 g/mol. The van der Waals surface area contributed by atoms with E-state index in [1.807, 2.05) is 6.07 Å². The van der Waals surface area contributed by atoms with Crippen molar-refractivity contribution in [3.63, 3.8) is 0 Å². The second-order valence-corrected chi connectivity index (χ2v) is 5.45. The second-order valence-electron chi connectivity index (χ2n) is 5.45. The van der Waals surface area contributed by atoms with Crippen LogP contribution in [0.5, 0.6) is 0 Å². The number of likely N-dealkylation sites (N-methyl/N-ethyl adjacent to an activating group) is 1. The molecule has 0 bridgehead atoms. The highest BCUT2D eigenvalue weighted by Crippen LogP contribution is 2.23. The van der Waals surface area contributed by atoms with Crippen molar-refractivity contribution in [2.24, 2.45) is 11.7 Å². The lowest BCUT2D eigenvalue weighted by molar-refractivity contribution is 0.168. The van der Waals surface area contributed by atoms with E-state index in [2.05, 4.69) is 32.7 Å². The third kappa shape index (κ3) is 4.07. The van der Waals surface area contributed by atoms with E-state index in [1.54, 1.807) is 12.1 Å². The minimum absolute atomic E-state index is 0.0782. The van der Waals surface area contributed by atoms with Crippen LogP contribution in [0.2, 0.25) is 0 Å². The summed E-state index contributed by atoms with van der Waals surface area (Å²) < 4.78 is 13.3.